The van der Waals surface area contributed by atoms with Crippen LogP contribution >= 0.6 is 0 Å². The fourth-order valence-electron chi connectivity index (χ4n) is 2.00. The van der Waals surface area contributed by atoms with E-state index in [1.165, 1.54) is 0 Å². The number of carbonyl (C=O) groups is 2. The number of carbonyl (C=O) groups excluding carboxylic acids is 2. The number of benzene rings is 2. The lowest BCUT2D eigenvalue weighted by Crippen LogP contribution is -2.14. The summed E-state index contributed by atoms with van der Waals surface area (Å²) in [4.78, 5) is 23.4. The van der Waals surface area contributed by atoms with Gasteiger partial charge in [-0.25, -0.2) is 0 Å². The maximum Gasteiger partial charge on any atom is 0.306 e. The normalized spacial score (nSPS) is 10.0. The second-order valence-corrected chi connectivity index (χ2v) is 5.08. The predicted octanol–water partition coefficient (Wildman–Crippen LogP) is 3.28. The third-order valence-corrected chi connectivity index (χ3v) is 3.31. The molecule has 0 saturated carbocycles. The molecular weight excluding hydrogens is 308 g/mol. The highest BCUT2D eigenvalue weighted by molar-refractivity contribution is 5.97. The van der Waals surface area contributed by atoms with Crippen LogP contribution in [-0.4, -0.2) is 32.1 Å². The number of Topliss-reactive ketones (excluding diaryl/α,β-unsaturated/α-hetero) is 1. The van der Waals surface area contributed by atoms with Crippen molar-refractivity contribution in [3.05, 3.63) is 60.2 Å². The predicted molar refractivity (Wildman–Crippen MR) is 89.5 cm³/mol. The van der Waals surface area contributed by atoms with Gasteiger partial charge in [-0.05, 0) is 30.7 Å². The molecule has 0 saturated heterocycles. The van der Waals surface area contributed by atoms with Gasteiger partial charge in [-0.3, -0.25) is 9.59 Å². The molecule has 2 aromatic carbocycles. The summed E-state index contributed by atoms with van der Waals surface area (Å²) in [6, 6.07) is 16.0. The molecule has 0 fully saturated rings. The zero-order valence-corrected chi connectivity index (χ0v) is 13.6. The molecular formula is C19H20O5. The monoisotopic (exact) mass is 328 g/mol. The van der Waals surface area contributed by atoms with Crippen LogP contribution in [0.25, 0.3) is 0 Å². The van der Waals surface area contributed by atoms with E-state index in [1.807, 2.05) is 6.07 Å². The Morgan fingerprint density at radius 1 is 0.917 bits per heavy atom. The van der Waals surface area contributed by atoms with E-state index in [1.54, 1.807) is 55.6 Å². The lowest BCUT2D eigenvalue weighted by Gasteiger charge is -2.07. The zero-order valence-electron chi connectivity index (χ0n) is 13.6. The van der Waals surface area contributed by atoms with E-state index in [0.717, 1.165) is 5.75 Å². The summed E-state index contributed by atoms with van der Waals surface area (Å²) >= 11 is 0. The average molecular weight is 328 g/mol. The second-order valence-electron chi connectivity index (χ2n) is 5.08. The third-order valence-electron chi connectivity index (χ3n) is 3.31. The number of hydrogen-bond acceptors (Lipinski definition) is 5. The average Bonchev–Trinajstić information content (AvgIpc) is 2.64. The fraction of sp³-hybridized carbons (Fsp3) is 0.263. The van der Waals surface area contributed by atoms with Crippen LogP contribution in [0.3, 0.4) is 0 Å². The molecule has 0 aliphatic rings. The number of hydrogen-bond donors (Lipinski definition) is 0. The first kappa shape index (κ1) is 17.5. The molecule has 0 aromatic heterocycles. The number of ether oxygens (including phenoxy) is 3. The van der Waals surface area contributed by atoms with Crippen molar-refractivity contribution >= 4 is 11.8 Å². The summed E-state index contributed by atoms with van der Waals surface area (Å²) in [5, 5.41) is 0. The Labute approximate surface area is 141 Å². The van der Waals surface area contributed by atoms with Crippen molar-refractivity contribution in [2.45, 2.75) is 12.8 Å². The summed E-state index contributed by atoms with van der Waals surface area (Å²) < 4.78 is 15.6. The van der Waals surface area contributed by atoms with Crippen LogP contribution < -0.4 is 9.47 Å². The molecule has 5 heteroatoms. The van der Waals surface area contributed by atoms with Crippen molar-refractivity contribution in [1.82, 2.24) is 0 Å². The van der Waals surface area contributed by atoms with Crippen molar-refractivity contribution in [3.8, 4) is 11.5 Å². The molecule has 0 amide bonds. The van der Waals surface area contributed by atoms with Crippen LogP contribution in [0.2, 0.25) is 0 Å². The largest absolute Gasteiger partial charge is 0.497 e. The quantitative estimate of drug-likeness (QED) is 0.401. The maximum absolute atomic E-state index is 11.8. The first-order valence-corrected chi connectivity index (χ1v) is 7.70. The van der Waals surface area contributed by atoms with Crippen molar-refractivity contribution < 1.29 is 23.8 Å². The first-order valence-electron chi connectivity index (χ1n) is 7.70. The van der Waals surface area contributed by atoms with Crippen LogP contribution in [0, 0.1) is 0 Å². The molecule has 2 aromatic rings. The summed E-state index contributed by atoms with van der Waals surface area (Å²) in [7, 11) is 1.60. The highest BCUT2D eigenvalue weighted by Gasteiger charge is 2.09. The van der Waals surface area contributed by atoms with E-state index in [4.69, 9.17) is 14.2 Å². The standard InChI is InChI=1S/C19H20O5/c1-22-16-9-11-17(12-10-16)23-13-5-8-19(21)24-14-18(20)15-6-3-2-4-7-15/h2-4,6-7,9-12H,5,8,13-14H2,1H3. The highest BCUT2D eigenvalue weighted by Crippen LogP contribution is 2.17. The first-order chi connectivity index (χ1) is 11.7. The van der Waals surface area contributed by atoms with E-state index < -0.39 is 5.97 Å². The molecule has 0 heterocycles. The minimum absolute atomic E-state index is 0.207. The summed E-state index contributed by atoms with van der Waals surface area (Å²) in [6.07, 6.45) is 0.725. The van der Waals surface area contributed by atoms with Crippen molar-refractivity contribution in [1.29, 1.82) is 0 Å². The van der Waals surface area contributed by atoms with Crippen molar-refractivity contribution in [3.63, 3.8) is 0 Å². The van der Waals surface area contributed by atoms with Crippen LogP contribution in [0.15, 0.2) is 54.6 Å². The topological polar surface area (TPSA) is 61.8 Å². The van der Waals surface area contributed by atoms with E-state index in [2.05, 4.69) is 0 Å². The number of rotatable bonds is 9. The molecule has 5 nitrogen and oxygen atoms in total. The summed E-state index contributed by atoms with van der Waals surface area (Å²) in [5.74, 6) is 0.855. The van der Waals surface area contributed by atoms with Gasteiger partial charge in [0.1, 0.15) is 11.5 Å². The smallest absolute Gasteiger partial charge is 0.306 e. The molecule has 0 N–H and O–H groups in total. The lowest BCUT2D eigenvalue weighted by molar-refractivity contribution is -0.142. The molecule has 0 bridgehead atoms. The van der Waals surface area contributed by atoms with Crippen LogP contribution in [-0.2, 0) is 9.53 Å². The molecule has 24 heavy (non-hydrogen) atoms. The Kier molecular flexibility index (Phi) is 6.83. The van der Waals surface area contributed by atoms with Gasteiger partial charge in [-0.1, -0.05) is 30.3 Å². The van der Waals surface area contributed by atoms with Gasteiger partial charge < -0.3 is 14.2 Å². The van der Waals surface area contributed by atoms with E-state index >= 15 is 0 Å². The van der Waals surface area contributed by atoms with Gasteiger partial charge in [0.05, 0.1) is 13.7 Å². The Hall–Kier alpha value is -2.82. The van der Waals surface area contributed by atoms with Gasteiger partial charge in [0, 0.05) is 12.0 Å². The molecule has 0 atom stereocenters. The Morgan fingerprint density at radius 3 is 2.25 bits per heavy atom. The molecule has 2 rings (SSSR count). The van der Waals surface area contributed by atoms with Gasteiger partial charge in [-0.2, -0.15) is 0 Å². The van der Waals surface area contributed by atoms with Crippen molar-refractivity contribution in [2.75, 3.05) is 20.3 Å². The minimum atomic E-state index is -0.405. The third kappa shape index (κ3) is 5.76. The Balaban J connectivity index is 1.62. The van der Waals surface area contributed by atoms with Crippen molar-refractivity contribution in [2.24, 2.45) is 0 Å². The van der Waals surface area contributed by atoms with Gasteiger partial charge in [0.25, 0.3) is 0 Å². The lowest BCUT2D eigenvalue weighted by atomic mass is 10.1. The number of methoxy groups -OCH3 is 1. The van der Waals surface area contributed by atoms with Crippen LogP contribution in [0.5, 0.6) is 11.5 Å². The van der Waals surface area contributed by atoms with E-state index in [0.29, 0.717) is 24.3 Å². The second kappa shape index (κ2) is 9.35. The summed E-state index contributed by atoms with van der Waals surface area (Å²) in [5.41, 5.74) is 0.535. The van der Waals surface area contributed by atoms with Gasteiger partial charge >= 0.3 is 5.97 Å². The zero-order chi connectivity index (χ0) is 17.2. The highest BCUT2D eigenvalue weighted by atomic mass is 16.5. The van der Waals surface area contributed by atoms with Crippen LogP contribution in [0.4, 0.5) is 0 Å². The van der Waals surface area contributed by atoms with Crippen LogP contribution in [0.1, 0.15) is 23.2 Å². The molecule has 0 spiro atoms. The number of ketones is 1. The molecule has 0 aliphatic heterocycles. The Morgan fingerprint density at radius 2 is 1.58 bits per heavy atom. The van der Waals surface area contributed by atoms with E-state index in [-0.39, 0.29) is 18.8 Å². The van der Waals surface area contributed by atoms with Gasteiger partial charge in [-0.15, -0.1) is 0 Å². The maximum atomic E-state index is 11.8. The van der Waals surface area contributed by atoms with Gasteiger partial charge in [0.15, 0.2) is 12.4 Å². The molecule has 0 aliphatic carbocycles. The minimum Gasteiger partial charge on any atom is -0.497 e. The number of esters is 1. The van der Waals surface area contributed by atoms with Gasteiger partial charge in [0.2, 0.25) is 0 Å². The Bertz CT molecular complexity index is 649. The molecule has 0 radical (unpaired) electrons. The van der Waals surface area contributed by atoms with E-state index in [9.17, 15) is 9.59 Å². The fourth-order valence-corrected chi connectivity index (χ4v) is 2.00. The SMILES string of the molecule is COc1ccc(OCCCC(=O)OCC(=O)c2ccccc2)cc1. The molecule has 0 unspecified atom stereocenters. The molecule has 126 valence electrons. The summed E-state index contributed by atoms with van der Waals surface area (Å²) in [6.45, 7) is 0.163.